The molecule has 0 aromatic heterocycles. The van der Waals surface area contributed by atoms with E-state index in [9.17, 15) is 4.79 Å². The summed E-state index contributed by atoms with van der Waals surface area (Å²) in [7, 11) is 0. The summed E-state index contributed by atoms with van der Waals surface area (Å²) in [4.78, 5) is 11.5. The molecule has 4 N–H and O–H groups in total. The number of carbonyl (C=O) groups excluding carboxylic acids is 1. The number of amides is 1. The second kappa shape index (κ2) is 6.05. The minimum Gasteiger partial charge on any atom is -0.449 e. The summed E-state index contributed by atoms with van der Waals surface area (Å²) in [5, 5.41) is 10.0. The van der Waals surface area contributed by atoms with Crippen molar-refractivity contribution >= 4 is 17.6 Å². The fraction of sp³-hybridized carbons (Fsp3) is 0.385. The van der Waals surface area contributed by atoms with Gasteiger partial charge in [-0.25, -0.2) is 4.79 Å². The van der Waals surface area contributed by atoms with Crippen LogP contribution in [0, 0.1) is 18.3 Å². The fourth-order valence-corrected chi connectivity index (χ4v) is 1.31. The van der Waals surface area contributed by atoms with Gasteiger partial charge >= 0.3 is 6.09 Å². The Morgan fingerprint density at radius 3 is 2.72 bits per heavy atom. The summed E-state index contributed by atoms with van der Waals surface area (Å²) in [5.74, 6) is 0.258. The average molecular weight is 249 g/mol. The van der Waals surface area contributed by atoms with E-state index in [1.54, 1.807) is 18.2 Å². The Balaban J connectivity index is 2.74. The van der Waals surface area contributed by atoms with Crippen molar-refractivity contribution in [2.75, 3.05) is 11.9 Å². The van der Waals surface area contributed by atoms with Crippen LogP contribution in [-0.2, 0) is 4.74 Å². The lowest BCUT2D eigenvalue weighted by molar-refractivity contribution is 0.147. The topological polar surface area (TPSA) is 88.2 Å². The quantitative estimate of drug-likeness (QED) is 0.565. The van der Waals surface area contributed by atoms with Gasteiger partial charge in [-0.3, -0.25) is 10.7 Å². The number of rotatable bonds is 4. The summed E-state index contributed by atoms with van der Waals surface area (Å²) in [6.07, 6.45) is -0.493. The number of nitrogen functional groups attached to an aromatic ring is 1. The molecule has 0 heterocycles. The zero-order valence-electron chi connectivity index (χ0n) is 10.9. The number of benzene rings is 1. The van der Waals surface area contributed by atoms with Gasteiger partial charge in [0.15, 0.2) is 0 Å². The Morgan fingerprint density at radius 2 is 2.17 bits per heavy atom. The summed E-state index contributed by atoms with van der Waals surface area (Å²) in [5.41, 5.74) is 7.47. The molecular formula is C13H19N3O2. The van der Waals surface area contributed by atoms with Crippen LogP contribution in [0.4, 0.5) is 10.5 Å². The number of amidine groups is 1. The molecule has 0 saturated heterocycles. The van der Waals surface area contributed by atoms with Crippen molar-refractivity contribution in [2.45, 2.75) is 20.8 Å². The van der Waals surface area contributed by atoms with Crippen molar-refractivity contribution in [1.29, 1.82) is 5.41 Å². The fourth-order valence-electron chi connectivity index (χ4n) is 1.31. The van der Waals surface area contributed by atoms with Gasteiger partial charge in [-0.05, 0) is 24.5 Å². The minimum absolute atomic E-state index is 0.0337. The van der Waals surface area contributed by atoms with Crippen molar-refractivity contribution in [1.82, 2.24) is 0 Å². The van der Waals surface area contributed by atoms with Crippen LogP contribution < -0.4 is 11.1 Å². The van der Waals surface area contributed by atoms with Crippen LogP contribution in [-0.4, -0.2) is 18.5 Å². The first-order valence-electron chi connectivity index (χ1n) is 5.79. The number of nitrogens with one attached hydrogen (secondary N) is 2. The third-order valence-corrected chi connectivity index (χ3v) is 2.33. The smallest absolute Gasteiger partial charge is 0.411 e. The van der Waals surface area contributed by atoms with E-state index in [0.717, 1.165) is 5.56 Å². The molecule has 0 unspecified atom stereocenters. The van der Waals surface area contributed by atoms with E-state index < -0.39 is 6.09 Å². The molecule has 1 aromatic carbocycles. The predicted molar refractivity (Wildman–Crippen MR) is 72.0 cm³/mol. The van der Waals surface area contributed by atoms with Gasteiger partial charge in [0.05, 0.1) is 6.61 Å². The number of ether oxygens (including phenoxy) is 1. The molecule has 1 amide bonds. The van der Waals surface area contributed by atoms with E-state index in [2.05, 4.69) is 5.32 Å². The van der Waals surface area contributed by atoms with Crippen LogP contribution in [0.3, 0.4) is 0 Å². The maximum atomic E-state index is 11.5. The Labute approximate surface area is 107 Å². The molecule has 98 valence electrons. The second-order valence-electron chi connectivity index (χ2n) is 4.56. The van der Waals surface area contributed by atoms with Gasteiger partial charge in [0.2, 0.25) is 0 Å². The van der Waals surface area contributed by atoms with Crippen molar-refractivity contribution in [3.05, 3.63) is 29.3 Å². The highest BCUT2D eigenvalue weighted by Gasteiger charge is 2.08. The highest BCUT2D eigenvalue weighted by atomic mass is 16.5. The lowest BCUT2D eigenvalue weighted by Gasteiger charge is -2.11. The summed E-state index contributed by atoms with van der Waals surface area (Å²) < 4.78 is 5.03. The molecule has 0 spiro atoms. The molecule has 0 atom stereocenters. The van der Waals surface area contributed by atoms with Gasteiger partial charge < -0.3 is 10.5 Å². The standard InChI is InChI=1S/C13H19N3O2/c1-8(2)7-18-13(17)16-11-6-10(12(14)15)5-4-9(11)3/h4-6,8H,7H2,1-3H3,(H3,14,15)(H,16,17). The maximum Gasteiger partial charge on any atom is 0.411 e. The molecule has 0 saturated carbocycles. The number of hydrogen-bond acceptors (Lipinski definition) is 3. The van der Waals surface area contributed by atoms with E-state index in [1.165, 1.54) is 0 Å². The molecule has 5 heteroatoms. The molecule has 0 fully saturated rings. The number of hydrogen-bond donors (Lipinski definition) is 3. The zero-order valence-corrected chi connectivity index (χ0v) is 10.9. The lowest BCUT2D eigenvalue weighted by atomic mass is 10.1. The Kier molecular flexibility index (Phi) is 4.71. The van der Waals surface area contributed by atoms with Crippen LogP contribution >= 0.6 is 0 Å². The zero-order chi connectivity index (χ0) is 13.7. The highest BCUT2D eigenvalue weighted by molar-refractivity contribution is 5.97. The largest absolute Gasteiger partial charge is 0.449 e. The highest BCUT2D eigenvalue weighted by Crippen LogP contribution is 2.17. The first kappa shape index (κ1) is 14.0. The molecule has 1 aromatic rings. The monoisotopic (exact) mass is 249 g/mol. The van der Waals surface area contributed by atoms with E-state index in [4.69, 9.17) is 15.9 Å². The molecule has 0 radical (unpaired) electrons. The summed E-state index contributed by atoms with van der Waals surface area (Å²) in [6, 6.07) is 5.20. The van der Waals surface area contributed by atoms with Crippen molar-refractivity contribution in [3.8, 4) is 0 Å². The second-order valence-corrected chi connectivity index (χ2v) is 4.56. The SMILES string of the molecule is Cc1ccc(C(=N)N)cc1NC(=O)OCC(C)C. The molecule has 5 nitrogen and oxygen atoms in total. The van der Waals surface area contributed by atoms with Crippen LogP contribution in [0.1, 0.15) is 25.0 Å². The Bertz CT molecular complexity index is 456. The number of aryl methyl sites for hydroxylation is 1. The maximum absolute atomic E-state index is 11.5. The summed E-state index contributed by atoms with van der Waals surface area (Å²) in [6.45, 7) is 6.17. The van der Waals surface area contributed by atoms with E-state index >= 15 is 0 Å². The number of nitrogens with two attached hydrogens (primary N) is 1. The van der Waals surface area contributed by atoms with E-state index in [1.807, 2.05) is 20.8 Å². The Morgan fingerprint density at radius 1 is 1.50 bits per heavy atom. The number of carbonyl (C=O) groups is 1. The van der Waals surface area contributed by atoms with Crippen molar-refractivity contribution in [3.63, 3.8) is 0 Å². The molecule has 0 bridgehead atoms. The van der Waals surface area contributed by atoms with Gasteiger partial charge in [0.25, 0.3) is 0 Å². The van der Waals surface area contributed by atoms with Crippen molar-refractivity contribution in [2.24, 2.45) is 11.7 Å². The third kappa shape index (κ3) is 4.08. The first-order chi connectivity index (χ1) is 8.40. The molecule has 0 aliphatic carbocycles. The van der Waals surface area contributed by atoms with Gasteiger partial charge in [0.1, 0.15) is 5.84 Å². The molecule has 18 heavy (non-hydrogen) atoms. The molecule has 0 aliphatic rings. The Hall–Kier alpha value is -2.04. The number of anilines is 1. The molecule has 0 aliphatic heterocycles. The minimum atomic E-state index is -0.493. The van der Waals surface area contributed by atoms with Crippen LogP contribution in [0.2, 0.25) is 0 Å². The van der Waals surface area contributed by atoms with Gasteiger partial charge in [-0.15, -0.1) is 0 Å². The van der Waals surface area contributed by atoms with E-state index in [0.29, 0.717) is 23.8 Å². The van der Waals surface area contributed by atoms with Crippen molar-refractivity contribution < 1.29 is 9.53 Å². The molecule has 1 rings (SSSR count). The average Bonchev–Trinajstić information content (AvgIpc) is 2.29. The van der Waals surface area contributed by atoms with Gasteiger partial charge in [-0.1, -0.05) is 26.0 Å². The predicted octanol–water partition coefficient (Wildman–Crippen LogP) is 2.48. The van der Waals surface area contributed by atoms with Crippen LogP contribution in [0.5, 0.6) is 0 Å². The summed E-state index contributed by atoms with van der Waals surface area (Å²) >= 11 is 0. The lowest BCUT2D eigenvalue weighted by Crippen LogP contribution is -2.18. The van der Waals surface area contributed by atoms with Gasteiger partial charge in [-0.2, -0.15) is 0 Å². The first-order valence-corrected chi connectivity index (χ1v) is 5.79. The van der Waals surface area contributed by atoms with Gasteiger partial charge in [0, 0.05) is 11.3 Å². The molecular weight excluding hydrogens is 230 g/mol. The normalized spacial score (nSPS) is 10.2. The third-order valence-electron chi connectivity index (χ3n) is 2.33. The van der Waals surface area contributed by atoms with E-state index in [-0.39, 0.29) is 5.84 Å². The van der Waals surface area contributed by atoms with Crippen LogP contribution in [0.15, 0.2) is 18.2 Å². The van der Waals surface area contributed by atoms with Crippen LogP contribution in [0.25, 0.3) is 0 Å².